The van der Waals surface area contributed by atoms with Gasteiger partial charge in [0.15, 0.2) is 0 Å². The molecule has 0 saturated carbocycles. The predicted molar refractivity (Wildman–Crippen MR) is 163 cm³/mol. The molecule has 0 radical (unpaired) electrons. The van der Waals surface area contributed by atoms with Crippen LogP contribution in [0.3, 0.4) is 0 Å². The van der Waals surface area contributed by atoms with Crippen LogP contribution in [0.2, 0.25) is 0 Å². The highest BCUT2D eigenvalue weighted by atomic mass is 15.1. The number of hydrogen-bond donors (Lipinski definition) is 0. The van der Waals surface area contributed by atoms with Crippen LogP contribution < -0.4 is 4.90 Å². The van der Waals surface area contributed by atoms with E-state index in [0.717, 1.165) is 13.1 Å². The lowest BCUT2D eigenvalue weighted by atomic mass is 9.97. The first-order valence-corrected chi connectivity index (χ1v) is 13.2. The Morgan fingerprint density at radius 2 is 1.05 bits per heavy atom. The molecule has 186 valence electrons. The molecule has 1 nitrogen and oxygen atoms in total. The second-order valence-corrected chi connectivity index (χ2v) is 9.54. The summed E-state index contributed by atoms with van der Waals surface area (Å²) in [6.45, 7) is 3.93. The Kier molecular flexibility index (Phi) is 8.28. The van der Waals surface area contributed by atoms with Gasteiger partial charge in [-0.1, -0.05) is 146 Å². The zero-order valence-electron chi connectivity index (χ0n) is 21.9. The van der Waals surface area contributed by atoms with E-state index in [0.29, 0.717) is 0 Å². The summed E-state index contributed by atoms with van der Waals surface area (Å²) in [6.07, 6.45) is 6.60. The quantitative estimate of drug-likeness (QED) is 0.186. The van der Waals surface area contributed by atoms with Crippen LogP contribution in [0, 0.1) is 6.92 Å². The molecule has 0 aliphatic heterocycles. The maximum Gasteiger partial charge on any atom is 0.0433 e. The van der Waals surface area contributed by atoms with Crippen molar-refractivity contribution in [1.29, 1.82) is 0 Å². The van der Waals surface area contributed by atoms with Gasteiger partial charge in [-0.2, -0.15) is 0 Å². The highest BCUT2D eigenvalue weighted by Crippen LogP contribution is 2.26. The van der Waals surface area contributed by atoms with Gasteiger partial charge in [0.1, 0.15) is 0 Å². The number of allylic oxidation sites excluding steroid dienone is 2. The standard InChI is InChI=1S/C37H33N/c1-30-27-36(38(28-31-15-6-2-7-16-31)29-32-17-8-3-9-18-32)26-25-33(30)23-14-24-37(34-19-10-4-11-20-34)35-21-12-5-13-22-35/h2-27H,28-29H2,1H3/b23-14+. The van der Waals surface area contributed by atoms with Gasteiger partial charge in [0.05, 0.1) is 0 Å². The molecule has 0 spiro atoms. The number of hydrogen-bond acceptors (Lipinski definition) is 1. The zero-order valence-corrected chi connectivity index (χ0v) is 21.9. The monoisotopic (exact) mass is 491 g/mol. The lowest BCUT2D eigenvalue weighted by Crippen LogP contribution is -2.22. The minimum atomic E-state index is 0.866. The molecule has 0 fully saturated rings. The van der Waals surface area contributed by atoms with Crippen molar-refractivity contribution >= 4 is 17.3 Å². The Balaban J connectivity index is 1.41. The predicted octanol–water partition coefficient (Wildman–Crippen LogP) is 9.35. The second kappa shape index (κ2) is 12.6. The molecule has 0 heterocycles. The first kappa shape index (κ1) is 25.0. The van der Waals surface area contributed by atoms with E-state index in [4.69, 9.17) is 0 Å². The fourth-order valence-corrected chi connectivity index (χ4v) is 4.73. The molecule has 0 bridgehead atoms. The smallest absolute Gasteiger partial charge is 0.0433 e. The van der Waals surface area contributed by atoms with E-state index in [1.54, 1.807) is 0 Å². The number of benzene rings is 5. The fourth-order valence-electron chi connectivity index (χ4n) is 4.73. The van der Waals surface area contributed by atoms with Gasteiger partial charge in [0.2, 0.25) is 0 Å². The Bertz CT molecular complexity index is 1400. The summed E-state index contributed by atoms with van der Waals surface area (Å²) < 4.78 is 0. The van der Waals surface area contributed by atoms with Crippen molar-refractivity contribution in [2.45, 2.75) is 20.0 Å². The largest absolute Gasteiger partial charge is 0.363 e. The first-order valence-electron chi connectivity index (χ1n) is 13.2. The molecule has 5 rings (SSSR count). The van der Waals surface area contributed by atoms with Gasteiger partial charge in [-0.3, -0.25) is 0 Å². The van der Waals surface area contributed by atoms with Gasteiger partial charge in [-0.05, 0) is 58.0 Å². The molecule has 0 saturated heterocycles. The van der Waals surface area contributed by atoms with E-state index in [1.165, 1.54) is 44.6 Å². The molecule has 5 aromatic rings. The second-order valence-electron chi connectivity index (χ2n) is 9.54. The Hall–Kier alpha value is -4.62. The molecule has 0 aliphatic carbocycles. The van der Waals surface area contributed by atoms with Crippen LogP contribution in [0.25, 0.3) is 11.6 Å². The third-order valence-electron chi connectivity index (χ3n) is 6.76. The van der Waals surface area contributed by atoms with Crippen LogP contribution in [-0.2, 0) is 13.1 Å². The average Bonchev–Trinajstić information content (AvgIpc) is 2.98. The summed E-state index contributed by atoms with van der Waals surface area (Å²) in [5.74, 6) is 0. The van der Waals surface area contributed by atoms with Crippen LogP contribution in [0.5, 0.6) is 0 Å². The molecule has 0 aliphatic rings. The van der Waals surface area contributed by atoms with Crippen molar-refractivity contribution in [2.24, 2.45) is 0 Å². The Labute approximate surface area is 227 Å². The van der Waals surface area contributed by atoms with Crippen LogP contribution in [-0.4, -0.2) is 0 Å². The summed E-state index contributed by atoms with van der Waals surface area (Å²) >= 11 is 0. The van der Waals surface area contributed by atoms with Crippen LogP contribution in [0.4, 0.5) is 5.69 Å². The van der Waals surface area contributed by atoms with Crippen molar-refractivity contribution in [1.82, 2.24) is 0 Å². The van der Waals surface area contributed by atoms with E-state index >= 15 is 0 Å². The van der Waals surface area contributed by atoms with Crippen molar-refractivity contribution in [3.63, 3.8) is 0 Å². The highest BCUT2D eigenvalue weighted by Gasteiger charge is 2.10. The van der Waals surface area contributed by atoms with Crippen LogP contribution in [0.15, 0.2) is 152 Å². The number of rotatable bonds is 9. The highest BCUT2D eigenvalue weighted by molar-refractivity contribution is 5.81. The molecule has 0 unspecified atom stereocenters. The van der Waals surface area contributed by atoms with Gasteiger partial charge < -0.3 is 4.90 Å². The van der Waals surface area contributed by atoms with Gasteiger partial charge in [-0.15, -0.1) is 0 Å². The first-order chi connectivity index (χ1) is 18.8. The van der Waals surface area contributed by atoms with Crippen molar-refractivity contribution in [3.8, 4) is 0 Å². The number of anilines is 1. The molecule has 0 N–H and O–H groups in total. The SMILES string of the molecule is Cc1cc(N(Cc2ccccc2)Cc2ccccc2)ccc1/C=C/C=C(c1ccccc1)c1ccccc1. The van der Waals surface area contributed by atoms with E-state index in [9.17, 15) is 0 Å². The maximum absolute atomic E-state index is 2.45. The lowest BCUT2D eigenvalue weighted by Gasteiger charge is -2.26. The van der Waals surface area contributed by atoms with Gasteiger partial charge in [0, 0.05) is 18.8 Å². The third-order valence-corrected chi connectivity index (χ3v) is 6.76. The van der Waals surface area contributed by atoms with Gasteiger partial charge in [0.25, 0.3) is 0 Å². The fraction of sp³-hybridized carbons (Fsp3) is 0.0811. The Morgan fingerprint density at radius 3 is 1.53 bits per heavy atom. The maximum atomic E-state index is 2.45. The molecule has 1 heteroatoms. The topological polar surface area (TPSA) is 3.24 Å². The molecule has 38 heavy (non-hydrogen) atoms. The van der Waals surface area contributed by atoms with Crippen molar-refractivity contribution in [3.05, 3.63) is 185 Å². The molecular weight excluding hydrogens is 458 g/mol. The minimum Gasteiger partial charge on any atom is -0.363 e. The zero-order chi connectivity index (χ0) is 26.0. The van der Waals surface area contributed by atoms with E-state index in [-0.39, 0.29) is 0 Å². The summed E-state index contributed by atoms with van der Waals surface area (Å²) in [4.78, 5) is 2.45. The van der Waals surface area contributed by atoms with E-state index < -0.39 is 0 Å². The average molecular weight is 492 g/mol. The van der Waals surface area contributed by atoms with E-state index in [2.05, 4.69) is 170 Å². The molecule has 0 amide bonds. The van der Waals surface area contributed by atoms with E-state index in [1.807, 2.05) is 0 Å². The molecule has 0 aromatic heterocycles. The summed E-state index contributed by atoms with van der Waals surface area (Å²) in [5.41, 5.74) is 9.99. The third kappa shape index (κ3) is 6.57. The van der Waals surface area contributed by atoms with Crippen LogP contribution >= 0.6 is 0 Å². The summed E-state index contributed by atoms with van der Waals surface area (Å²) in [6, 6.07) is 49.4. The van der Waals surface area contributed by atoms with Gasteiger partial charge >= 0.3 is 0 Å². The summed E-state index contributed by atoms with van der Waals surface area (Å²) in [7, 11) is 0. The minimum absolute atomic E-state index is 0.866. The Morgan fingerprint density at radius 1 is 0.579 bits per heavy atom. The molecule has 5 aromatic carbocycles. The van der Waals surface area contributed by atoms with Crippen molar-refractivity contribution in [2.75, 3.05) is 4.90 Å². The number of nitrogens with zero attached hydrogens (tertiary/aromatic N) is 1. The molecule has 0 atom stereocenters. The lowest BCUT2D eigenvalue weighted by molar-refractivity contribution is 0.799. The van der Waals surface area contributed by atoms with Gasteiger partial charge in [-0.25, -0.2) is 0 Å². The summed E-state index contributed by atoms with van der Waals surface area (Å²) in [5, 5.41) is 0. The normalized spacial score (nSPS) is 10.9. The molecular formula is C37H33N. The number of aryl methyl sites for hydroxylation is 1. The van der Waals surface area contributed by atoms with Crippen LogP contribution in [0.1, 0.15) is 33.4 Å². The van der Waals surface area contributed by atoms with Crippen molar-refractivity contribution < 1.29 is 0 Å².